The van der Waals surface area contributed by atoms with Gasteiger partial charge in [-0.15, -0.1) is 0 Å². The van der Waals surface area contributed by atoms with E-state index >= 15 is 0 Å². The number of hydrogen-bond acceptors (Lipinski definition) is 6. The number of ether oxygens (including phenoxy) is 1. The summed E-state index contributed by atoms with van der Waals surface area (Å²) in [6.45, 7) is 6.77. The Kier molecular flexibility index (Phi) is 11.7. The van der Waals surface area contributed by atoms with Crippen LogP contribution < -0.4 is 10.6 Å². The van der Waals surface area contributed by atoms with Crippen LogP contribution in [0.4, 0.5) is 19.0 Å². The number of aliphatic carboxylic acids is 1. The summed E-state index contributed by atoms with van der Waals surface area (Å²) in [4.78, 5) is 29.8. The number of carbonyl (C=O) groups excluding carboxylic acids is 1. The Morgan fingerprint density at radius 3 is 2.69 bits per heavy atom. The molecule has 0 fully saturated rings. The second-order valence-corrected chi connectivity index (χ2v) is 9.10. The molecule has 1 unspecified atom stereocenters. The molecule has 1 atom stereocenters. The van der Waals surface area contributed by atoms with Crippen molar-refractivity contribution in [3.05, 3.63) is 23.4 Å². The number of carboxylic acid groups (broad SMARTS) is 1. The minimum absolute atomic E-state index is 0.00133. The van der Waals surface area contributed by atoms with Crippen molar-refractivity contribution in [3.8, 4) is 0 Å². The highest BCUT2D eigenvalue weighted by Gasteiger charge is 2.33. The third kappa shape index (κ3) is 11.7. The maximum atomic E-state index is 12.4. The van der Waals surface area contributed by atoms with Crippen LogP contribution in [0.2, 0.25) is 0 Å². The van der Waals surface area contributed by atoms with Crippen molar-refractivity contribution in [2.45, 2.75) is 77.1 Å². The number of fused-ring (bicyclic) bond motifs is 1. The minimum atomic E-state index is -4.68. The summed E-state index contributed by atoms with van der Waals surface area (Å²) >= 11 is 0. The van der Waals surface area contributed by atoms with Gasteiger partial charge >= 0.3 is 12.1 Å². The van der Waals surface area contributed by atoms with E-state index in [9.17, 15) is 27.9 Å². The van der Waals surface area contributed by atoms with Crippen LogP contribution in [0.5, 0.6) is 0 Å². The first kappa shape index (κ1) is 28.8. The number of aryl methyl sites for hydroxylation is 2. The molecule has 8 nitrogen and oxygen atoms in total. The molecule has 1 aliphatic rings. The molecule has 0 saturated carbocycles. The molecule has 0 radical (unpaired) electrons. The number of pyridine rings is 1. The predicted octanol–water partition coefficient (Wildman–Crippen LogP) is 3.40. The zero-order chi connectivity index (χ0) is 25.8. The highest BCUT2D eigenvalue weighted by atomic mass is 19.4. The van der Waals surface area contributed by atoms with Crippen molar-refractivity contribution in [2.75, 3.05) is 38.1 Å². The number of amides is 1. The molecular weight excluding hydrogens is 465 g/mol. The van der Waals surface area contributed by atoms with Gasteiger partial charge in [-0.05, 0) is 70.5 Å². The molecule has 3 N–H and O–H groups in total. The fraction of sp³-hybridized carbons (Fsp3) is 0.708. The van der Waals surface area contributed by atoms with Crippen molar-refractivity contribution >= 4 is 17.7 Å². The maximum absolute atomic E-state index is 12.4. The largest absolute Gasteiger partial charge is 0.480 e. The van der Waals surface area contributed by atoms with Gasteiger partial charge in [0.15, 0.2) is 0 Å². The third-order valence-corrected chi connectivity index (χ3v) is 5.70. The van der Waals surface area contributed by atoms with Crippen molar-refractivity contribution in [1.82, 2.24) is 15.2 Å². The zero-order valence-corrected chi connectivity index (χ0v) is 20.5. The van der Waals surface area contributed by atoms with Gasteiger partial charge in [0.05, 0.1) is 12.7 Å². The fourth-order valence-corrected chi connectivity index (χ4v) is 3.90. The molecule has 0 saturated heterocycles. The number of rotatable bonds is 15. The second kappa shape index (κ2) is 14.2. The normalized spacial score (nSPS) is 14.5. The van der Waals surface area contributed by atoms with E-state index in [0.717, 1.165) is 50.2 Å². The first-order chi connectivity index (χ1) is 16.5. The number of alkyl halides is 3. The van der Waals surface area contributed by atoms with E-state index in [0.29, 0.717) is 26.2 Å². The molecule has 0 bridgehead atoms. The first-order valence-electron chi connectivity index (χ1n) is 12.2. The summed E-state index contributed by atoms with van der Waals surface area (Å²) in [5, 5.41) is 14.7. The number of halogens is 3. The van der Waals surface area contributed by atoms with Crippen LogP contribution in [0.25, 0.3) is 0 Å². The molecule has 0 aliphatic carbocycles. The van der Waals surface area contributed by atoms with Gasteiger partial charge in [0, 0.05) is 25.3 Å². The van der Waals surface area contributed by atoms with E-state index in [4.69, 9.17) is 9.72 Å². The summed E-state index contributed by atoms with van der Waals surface area (Å²) in [5.41, 5.74) is 2.26. The van der Waals surface area contributed by atoms with Crippen LogP contribution in [-0.4, -0.2) is 78.0 Å². The Morgan fingerprint density at radius 2 is 2.00 bits per heavy atom. The molecule has 1 aromatic rings. The number of nitrogens with one attached hydrogen (secondary N) is 2. The van der Waals surface area contributed by atoms with E-state index < -0.39 is 30.5 Å². The lowest BCUT2D eigenvalue weighted by Gasteiger charge is -2.25. The van der Waals surface area contributed by atoms with E-state index in [2.05, 4.69) is 17.4 Å². The highest BCUT2D eigenvalue weighted by molar-refractivity contribution is 5.83. The Labute approximate surface area is 204 Å². The molecule has 0 aromatic carbocycles. The molecule has 35 heavy (non-hydrogen) atoms. The Balaban J connectivity index is 1.84. The van der Waals surface area contributed by atoms with Gasteiger partial charge in [-0.25, -0.2) is 9.78 Å². The minimum Gasteiger partial charge on any atom is -0.480 e. The fourth-order valence-electron chi connectivity index (χ4n) is 3.90. The van der Waals surface area contributed by atoms with Crippen molar-refractivity contribution in [2.24, 2.45) is 0 Å². The number of nitrogens with zero attached hydrogens (tertiary/aromatic N) is 2. The maximum Gasteiger partial charge on any atom is 0.397 e. The smallest absolute Gasteiger partial charge is 0.397 e. The summed E-state index contributed by atoms with van der Waals surface area (Å²) in [5.74, 6) is -1.73. The van der Waals surface area contributed by atoms with Gasteiger partial charge in [0.25, 0.3) is 0 Å². The monoisotopic (exact) mass is 502 g/mol. The lowest BCUT2D eigenvalue weighted by Crippen LogP contribution is -2.44. The molecule has 1 aliphatic heterocycles. The van der Waals surface area contributed by atoms with Gasteiger partial charge in [0.1, 0.15) is 18.3 Å². The molecule has 2 heterocycles. The van der Waals surface area contributed by atoms with Gasteiger partial charge in [0.2, 0.25) is 5.91 Å². The van der Waals surface area contributed by atoms with Crippen LogP contribution in [0.3, 0.4) is 0 Å². The summed E-state index contributed by atoms with van der Waals surface area (Å²) in [6.07, 6.45) is -1.64. The Morgan fingerprint density at radius 1 is 1.23 bits per heavy atom. The summed E-state index contributed by atoms with van der Waals surface area (Å²) in [7, 11) is 0. The van der Waals surface area contributed by atoms with Crippen molar-refractivity contribution in [3.63, 3.8) is 0 Å². The SMILES string of the molecule is CC(C)OCCN(CCCCc1ccc2c(n1)NCCC2)CCC(NC(=O)CC(F)(F)F)C(=O)O. The number of aromatic nitrogens is 1. The molecule has 1 amide bonds. The van der Waals surface area contributed by atoms with E-state index in [1.54, 1.807) is 0 Å². The molecule has 0 spiro atoms. The lowest BCUT2D eigenvalue weighted by molar-refractivity contribution is -0.157. The zero-order valence-electron chi connectivity index (χ0n) is 20.5. The third-order valence-electron chi connectivity index (χ3n) is 5.70. The molecule has 11 heteroatoms. The van der Waals surface area contributed by atoms with Crippen molar-refractivity contribution in [1.29, 1.82) is 0 Å². The molecule has 198 valence electrons. The summed E-state index contributed by atoms with van der Waals surface area (Å²) < 4.78 is 42.9. The van der Waals surface area contributed by atoms with E-state index in [-0.39, 0.29) is 12.5 Å². The van der Waals surface area contributed by atoms with E-state index in [1.807, 2.05) is 24.1 Å². The van der Waals surface area contributed by atoms with Gasteiger partial charge in [-0.2, -0.15) is 13.2 Å². The molecule has 2 rings (SSSR count). The summed E-state index contributed by atoms with van der Waals surface area (Å²) in [6, 6.07) is 2.80. The quantitative estimate of drug-likeness (QED) is 0.316. The Bertz CT molecular complexity index is 820. The van der Waals surface area contributed by atoms with Crippen LogP contribution in [0.1, 0.15) is 57.2 Å². The number of carboxylic acids is 1. The standard InChI is InChI=1S/C24H37F3N4O4/c1-17(2)35-15-14-31(13-10-20(23(33)34)30-21(32)16-24(25,26)27)12-4-3-7-19-9-8-18-6-5-11-28-22(18)29-19/h8-9,17,20H,3-7,10-16H2,1-2H3,(H,28,29)(H,30,32)(H,33,34). The van der Waals surface area contributed by atoms with Crippen LogP contribution in [-0.2, 0) is 27.2 Å². The van der Waals surface area contributed by atoms with Gasteiger partial charge in [-0.1, -0.05) is 6.07 Å². The Hall–Kier alpha value is -2.40. The first-order valence-corrected chi connectivity index (χ1v) is 12.2. The molecular formula is C24H37F3N4O4. The van der Waals surface area contributed by atoms with Crippen LogP contribution in [0.15, 0.2) is 12.1 Å². The highest BCUT2D eigenvalue weighted by Crippen LogP contribution is 2.21. The average Bonchev–Trinajstić information content (AvgIpc) is 2.77. The topological polar surface area (TPSA) is 104 Å². The number of unbranched alkanes of at least 4 members (excludes halogenated alkanes) is 1. The average molecular weight is 503 g/mol. The van der Waals surface area contributed by atoms with Crippen LogP contribution in [0, 0.1) is 0 Å². The lowest BCUT2D eigenvalue weighted by atomic mass is 10.1. The number of carbonyl (C=O) groups is 2. The number of anilines is 1. The molecule has 1 aromatic heterocycles. The van der Waals surface area contributed by atoms with Gasteiger partial charge < -0.3 is 25.4 Å². The number of hydrogen-bond donors (Lipinski definition) is 3. The van der Waals surface area contributed by atoms with E-state index in [1.165, 1.54) is 5.56 Å². The van der Waals surface area contributed by atoms with Crippen molar-refractivity contribution < 1.29 is 32.6 Å². The predicted molar refractivity (Wildman–Crippen MR) is 126 cm³/mol. The second-order valence-electron chi connectivity index (χ2n) is 9.10. The van der Waals surface area contributed by atoms with Gasteiger partial charge in [-0.3, -0.25) is 4.79 Å². The van der Waals surface area contributed by atoms with Crippen LogP contribution >= 0.6 is 0 Å².